The predicted molar refractivity (Wildman–Crippen MR) is 50.3 cm³/mol. The van der Waals surface area contributed by atoms with Crippen LogP contribution in [-0.4, -0.2) is 15.0 Å². The van der Waals surface area contributed by atoms with Crippen molar-refractivity contribution >= 4 is 31.0 Å². The number of halogens is 1. The van der Waals surface area contributed by atoms with E-state index in [2.05, 4.69) is 10.7 Å². The Balaban J connectivity index is 2.71. The molecule has 11 heavy (non-hydrogen) atoms. The Bertz CT molecular complexity index is 279. The van der Waals surface area contributed by atoms with Gasteiger partial charge in [0.05, 0.1) is 0 Å². The number of hydrogen-bond donors (Lipinski definition) is 0. The van der Waals surface area contributed by atoms with Gasteiger partial charge in [0.1, 0.15) is 0 Å². The summed E-state index contributed by atoms with van der Waals surface area (Å²) in [5, 5.41) is 0.786. The molecule has 0 aliphatic heterocycles. The van der Waals surface area contributed by atoms with Crippen molar-refractivity contribution in [2.24, 2.45) is 0 Å². The predicted octanol–water partition coefficient (Wildman–Crippen LogP) is 1.65. The Kier molecular flexibility index (Phi) is 3.52. The molecule has 1 rings (SSSR count). The molecule has 0 saturated carbocycles. The molecular formula is C9H7ClSe. The molecule has 0 heterocycles. The van der Waals surface area contributed by atoms with E-state index >= 15 is 0 Å². The van der Waals surface area contributed by atoms with Crippen LogP contribution in [0.3, 0.4) is 0 Å². The molecule has 1 aromatic carbocycles. The Hall–Kier alpha value is -0.411. The molecule has 0 fully saturated rings. The van der Waals surface area contributed by atoms with E-state index in [1.807, 2.05) is 31.2 Å². The van der Waals surface area contributed by atoms with Crippen LogP contribution in [0.15, 0.2) is 24.3 Å². The third-order valence-corrected chi connectivity index (χ3v) is 3.04. The van der Waals surface area contributed by atoms with Crippen LogP contribution in [0.4, 0.5) is 0 Å². The van der Waals surface area contributed by atoms with Crippen LogP contribution >= 0.6 is 11.6 Å². The molecule has 0 nitrogen and oxygen atoms in total. The molecule has 56 valence electrons. The van der Waals surface area contributed by atoms with Gasteiger partial charge in [0.25, 0.3) is 0 Å². The van der Waals surface area contributed by atoms with Gasteiger partial charge < -0.3 is 0 Å². The number of rotatable bonds is 1. The van der Waals surface area contributed by atoms with E-state index in [-0.39, 0.29) is 0 Å². The third-order valence-electron chi connectivity index (χ3n) is 1.08. The minimum atomic E-state index is 0.291. The van der Waals surface area contributed by atoms with E-state index in [0.717, 1.165) is 5.02 Å². The van der Waals surface area contributed by atoms with Crippen LogP contribution in [0.1, 0.15) is 6.92 Å². The molecule has 0 aromatic heterocycles. The van der Waals surface area contributed by atoms with Crippen molar-refractivity contribution in [1.82, 2.24) is 0 Å². The third kappa shape index (κ3) is 2.99. The molecule has 0 atom stereocenters. The fourth-order valence-corrected chi connectivity index (χ4v) is 1.77. The summed E-state index contributed by atoms with van der Waals surface area (Å²) in [4.78, 5) is 3.05. The van der Waals surface area contributed by atoms with Crippen molar-refractivity contribution in [3.63, 3.8) is 0 Å². The normalized spacial score (nSPS) is 8.55. The molecule has 0 N–H and O–H groups in total. The van der Waals surface area contributed by atoms with Crippen LogP contribution in [0.25, 0.3) is 0 Å². The Morgan fingerprint density at radius 2 is 1.91 bits per heavy atom. The molecule has 1 aromatic rings. The van der Waals surface area contributed by atoms with Crippen LogP contribution in [0.5, 0.6) is 0 Å². The second-order valence-corrected chi connectivity index (χ2v) is 4.19. The number of benzene rings is 1. The quantitative estimate of drug-likeness (QED) is 0.507. The van der Waals surface area contributed by atoms with E-state index in [1.165, 1.54) is 4.46 Å². The zero-order valence-corrected chi connectivity index (χ0v) is 8.56. The molecule has 0 amide bonds. The molecule has 0 unspecified atom stereocenters. The summed E-state index contributed by atoms with van der Waals surface area (Å²) in [6.07, 6.45) is 0. The van der Waals surface area contributed by atoms with Gasteiger partial charge in [-0.15, -0.1) is 0 Å². The first-order valence-corrected chi connectivity index (χ1v) is 5.26. The Morgan fingerprint density at radius 3 is 2.45 bits per heavy atom. The van der Waals surface area contributed by atoms with Crippen LogP contribution in [-0.2, 0) is 0 Å². The topological polar surface area (TPSA) is 0 Å². The van der Waals surface area contributed by atoms with E-state index in [1.54, 1.807) is 0 Å². The summed E-state index contributed by atoms with van der Waals surface area (Å²) < 4.78 is 1.27. The first kappa shape index (κ1) is 8.68. The van der Waals surface area contributed by atoms with Crippen LogP contribution in [0.2, 0.25) is 5.02 Å². The van der Waals surface area contributed by atoms with E-state index in [9.17, 15) is 0 Å². The summed E-state index contributed by atoms with van der Waals surface area (Å²) in [5.41, 5.74) is 0. The van der Waals surface area contributed by atoms with Gasteiger partial charge in [0, 0.05) is 0 Å². The molecule has 0 aliphatic rings. The monoisotopic (exact) mass is 230 g/mol. The minimum absolute atomic E-state index is 0.291. The average Bonchev–Trinajstić information content (AvgIpc) is 2.04. The standard InChI is InChI=1S/C9H7ClSe/c1-2-7-11-9-5-3-8(10)4-6-9/h3-6H,1H3. The van der Waals surface area contributed by atoms with Crippen LogP contribution in [0, 0.1) is 10.7 Å². The van der Waals surface area contributed by atoms with E-state index < -0.39 is 0 Å². The van der Waals surface area contributed by atoms with Crippen molar-refractivity contribution in [3.05, 3.63) is 29.3 Å². The fourth-order valence-electron chi connectivity index (χ4n) is 0.613. The summed E-state index contributed by atoms with van der Waals surface area (Å²) in [5.74, 6) is 2.88. The van der Waals surface area contributed by atoms with Gasteiger partial charge >= 0.3 is 78.0 Å². The fraction of sp³-hybridized carbons (Fsp3) is 0.111. The van der Waals surface area contributed by atoms with Gasteiger partial charge in [0.2, 0.25) is 0 Å². The molecule has 0 aliphatic carbocycles. The van der Waals surface area contributed by atoms with Gasteiger partial charge in [-0.25, -0.2) is 0 Å². The van der Waals surface area contributed by atoms with Gasteiger partial charge in [-0.05, 0) is 0 Å². The second kappa shape index (κ2) is 4.46. The van der Waals surface area contributed by atoms with Crippen molar-refractivity contribution in [2.75, 3.05) is 0 Å². The summed E-state index contributed by atoms with van der Waals surface area (Å²) >= 11 is 6.01. The molecule has 0 spiro atoms. The number of hydrogen-bond acceptors (Lipinski definition) is 0. The molecule has 0 saturated heterocycles. The molecular weight excluding hydrogens is 223 g/mol. The van der Waals surface area contributed by atoms with Gasteiger partial charge in [0.15, 0.2) is 0 Å². The molecule has 2 heteroatoms. The average molecular weight is 230 g/mol. The van der Waals surface area contributed by atoms with Crippen molar-refractivity contribution < 1.29 is 0 Å². The van der Waals surface area contributed by atoms with Gasteiger partial charge in [-0.1, -0.05) is 0 Å². The van der Waals surface area contributed by atoms with Gasteiger partial charge in [-0.2, -0.15) is 0 Å². The van der Waals surface area contributed by atoms with E-state index in [4.69, 9.17) is 11.6 Å². The zero-order chi connectivity index (χ0) is 8.10. The maximum absolute atomic E-state index is 5.72. The first-order chi connectivity index (χ1) is 5.33. The van der Waals surface area contributed by atoms with Crippen LogP contribution < -0.4 is 4.46 Å². The summed E-state index contributed by atoms with van der Waals surface area (Å²) in [7, 11) is 0. The van der Waals surface area contributed by atoms with Crippen molar-refractivity contribution in [2.45, 2.75) is 6.92 Å². The maximum atomic E-state index is 5.72. The molecule has 0 bridgehead atoms. The van der Waals surface area contributed by atoms with Crippen molar-refractivity contribution in [1.29, 1.82) is 0 Å². The first-order valence-electron chi connectivity index (χ1n) is 3.17. The SMILES string of the molecule is CC#C[Se]c1ccc(Cl)cc1. The van der Waals surface area contributed by atoms with Gasteiger partial charge in [-0.3, -0.25) is 0 Å². The Morgan fingerprint density at radius 1 is 1.27 bits per heavy atom. The zero-order valence-electron chi connectivity index (χ0n) is 6.10. The van der Waals surface area contributed by atoms with Crippen molar-refractivity contribution in [3.8, 4) is 10.7 Å². The summed E-state index contributed by atoms with van der Waals surface area (Å²) in [6, 6.07) is 7.84. The Labute approximate surface area is 78.1 Å². The summed E-state index contributed by atoms with van der Waals surface area (Å²) in [6.45, 7) is 1.86. The molecule has 0 radical (unpaired) electrons. The second-order valence-electron chi connectivity index (χ2n) is 1.91. The van der Waals surface area contributed by atoms with E-state index in [0.29, 0.717) is 15.0 Å².